The molecule has 14 nitrogen and oxygen atoms in total. The molecular weight excluding hydrogens is 697 g/mol. The van der Waals surface area contributed by atoms with E-state index in [0.717, 1.165) is 11.1 Å². The van der Waals surface area contributed by atoms with Crippen molar-refractivity contribution in [2.45, 2.75) is 110 Å². The number of carbonyl (C=O) groups excluding carboxylic acids is 2. The average molecular weight is 749 g/mol. The number of nitrogens with zero attached hydrogens (tertiary/aromatic N) is 7. The minimum Gasteiger partial charge on any atom is -0.444 e. The summed E-state index contributed by atoms with van der Waals surface area (Å²) in [7, 11) is 0. The Bertz CT molecular complexity index is 1870. The van der Waals surface area contributed by atoms with Crippen molar-refractivity contribution < 1.29 is 28.5 Å². The number of rotatable bonds is 11. The largest absolute Gasteiger partial charge is 0.444 e. The predicted molar refractivity (Wildman–Crippen MR) is 202 cm³/mol. The normalized spacial score (nSPS) is 21.1. The molecule has 1 saturated heterocycles. The summed E-state index contributed by atoms with van der Waals surface area (Å²) < 4.78 is 31.1. The lowest BCUT2D eigenvalue weighted by atomic mass is 10.0. The Balaban J connectivity index is 1.24. The summed E-state index contributed by atoms with van der Waals surface area (Å²) in [4.78, 5) is 44.0. The third kappa shape index (κ3) is 9.25. The first-order chi connectivity index (χ1) is 25.0. The first-order valence-corrected chi connectivity index (χ1v) is 19.0. The lowest BCUT2D eigenvalue weighted by Crippen LogP contribution is -2.44. The zero-order valence-corrected chi connectivity index (χ0v) is 32.8. The van der Waals surface area contributed by atoms with Crippen LogP contribution in [-0.4, -0.2) is 101 Å². The van der Waals surface area contributed by atoms with Gasteiger partial charge in [-0.1, -0.05) is 30.3 Å². The third-order valence-corrected chi connectivity index (χ3v) is 9.96. The maximum absolute atomic E-state index is 13.9. The van der Waals surface area contributed by atoms with E-state index in [1.54, 1.807) is 9.80 Å². The molecule has 2 fully saturated rings. The van der Waals surface area contributed by atoms with Crippen molar-refractivity contribution in [1.29, 1.82) is 0 Å². The molecule has 2 aliphatic rings. The Labute approximate surface area is 315 Å². The second-order valence-electron chi connectivity index (χ2n) is 16.3. The first kappa shape index (κ1) is 38.4. The van der Waals surface area contributed by atoms with Gasteiger partial charge in [-0.15, -0.1) is 0 Å². The average Bonchev–Trinajstić information content (AvgIpc) is 3.85. The Kier molecular flexibility index (Phi) is 11.0. The van der Waals surface area contributed by atoms with Gasteiger partial charge in [0.15, 0.2) is 5.79 Å². The molecule has 0 unspecified atom stereocenters. The predicted octanol–water partition coefficient (Wildman–Crippen LogP) is 6.72. The van der Waals surface area contributed by atoms with Gasteiger partial charge in [-0.3, -0.25) is 0 Å². The number of ether oxygens (including phenoxy) is 4. The van der Waals surface area contributed by atoms with E-state index in [1.165, 1.54) is 24.2 Å². The zero-order valence-electron chi connectivity index (χ0n) is 31.9. The van der Waals surface area contributed by atoms with Crippen molar-refractivity contribution in [2.75, 3.05) is 31.9 Å². The molecule has 2 N–H and O–H groups in total. The third-order valence-electron chi connectivity index (χ3n) is 9.27. The van der Waals surface area contributed by atoms with E-state index in [9.17, 15) is 9.59 Å². The van der Waals surface area contributed by atoms with Crippen molar-refractivity contribution in [2.24, 2.45) is 5.92 Å². The highest BCUT2D eigenvalue weighted by Crippen LogP contribution is 2.49. The molecule has 4 aromatic rings. The molecule has 4 heterocycles. The second-order valence-corrected chi connectivity index (χ2v) is 17.0. The number of hydrogen-bond donors (Lipinski definition) is 1. The first-order valence-electron chi connectivity index (χ1n) is 18.2. The van der Waals surface area contributed by atoms with Crippen LogP contribution >= 0.6 is 11.5 Å². The lowest BCUT2D eigenvalue weighted by molar-refractivity contribution is -0.160. The molecule has 0 radical (unpaired) electrons. The number of nitrogens with two attached hydrogens (primary N) is 1. The number of amides is 2. The summed E-state index contributed by atoms with van der Waals surface area (Å²) in [5.41, 5.74) is 7.67. The summed E-state index contributed by atoms with van der Waals surface area (Å²) in [6, 6.07) is 9.86. The van der Waals surface area contributed by atoms with Crippen molar-refractivity contribution in [3.8, 4) is 10.6 Å². The van der Waals surface area contributed by atoms with Gasteiger partial charge < -0.3 is 39.0 Å². The molecule has 286 valence electrons. The van der Waals surface area contributed by atoms with Crippen LogP contribution in [0, 0.1) is 5.92 Å². The van der Waals surface area contributed by atoms with Crippen molar-refractivity contribution in [3.05, 3.63) is 54.7 Å². The Morgan fingerprint density at radius 3 is 2.25 bits per heavy atom. The number of hydrogen-bond acceptors (Lipinski definition) is 12. The van der Waals surface area contributed by atoms with E-state index in [-0.39, 0.29) is 30.3 Å². The van der Waals surface area contributed by atoms with E-state index in [0.29, 0.717) is 67.3 Å². The van der Waals surface area contributed by atoms with Gasteiger partial charge in [0.25, 0.3) is 0 Å². The van der Waals surface area contributed by atoms with Gasteiger partial charge in [0, 0.05) is 43.9 Å². The molecule has 4 atom stereocenters. The SMILES string of the molecule is CC(C)(C)OC(=O)N(CCCN(C[C@H]1C[C@@H](n2cc(-c3ncns3)c3c(N)ncnc32)[C@@H]2OC(C)(C)O[C@H]12)C(=O)OC(C)(C)C)CCc1ccccc1. The smallest absolute Gasteiger partial charge is 0.410 e. The van der Waals surface area contributed by atoms with Crippen LogP contribution < -0.4 is 5.73 Å². The Morgan fingerprint density at radius 1 is 0.925 bits per heavy atom. The van der Waals surface area contributed by atoms with E-state index in [1.807, 2.05) is 91.9 Å². The molecule has 2 amide bonds. The molecule has 15 heteroatoms. The van der Waals surface area contributed by atoms with Crippen LogP contribution in [0.25, 0.3) is 21.6 Å². The number of carbonyl (C=O) groups is 2. The molecule has 0 bridgehead atoms. The monoisotopic (exact) mass is 748 g/mol. The molecule has 1 saturated carbocycles. The summed E-state index contributed by atoms with van der Waals surface area (Å²) in [5, 5.41) is 1.42. The fourth-order valence-electron chi connectivity index (χ4n) is 7.17. The maximum Gasteiger partial charge on any atom is 0.410 e. The van der Waals surface area contributed by atoms with Gasteiger partial charge in [-0.25, -0.2) is 24.5 Å². The highest BCUT2D eigenvalue weighted by atomic mass is 32.1. The van der Waals surface area contributed by atoms with Crippen molar-refractivity contribution in [1.82, 2.24) is 33.7 Å². The van der Waals surface area contributed by atoms with E-state index >= 15 is 0 Å². The molecule has 6 rings (SSSR count). The highest BCUT2D eigenvalue weighted by molar-refractivity contribution is 7.09. The van der Waals surface area contributed by atoms with Crippen molar-refractivity contribution in [3.63, 3.8) is 0 Å². The van der Waals surface area contributed by atoms with E-state index < -0.39 is 23.1 Å². The van der Waals surface area contributed by atoms with Gasteiger partial charge in [0.05, 0.1) is 17.5 Å². The van der Waals surface area contributed by atoms with Crippen LogP contribution in [0.1, 0.15) is 79.8 Å². The number of anilines is 1. The van der Waals surface area contributed by atoms with Crippen molar-refractivity contribution >= 4 is 40.6 Å². The fraction of sp³-hybridized carbons (Fsp3) is 0.579. The lowest BCUT2D eigenvalue weighted by Gasteiger charge is -2.32. The van der Waals surface area contributed by atoms with Crippen LogP contribution in [0.4, 0.5) is 15.4 Å². The number of fused-ring (bicyclic) bond motifs is 2. The molecule has 0 spiro atoms. The van der Waals surface area contributed by atoms with Crippen LogP contribution in [0.2, 0.25) is 0 Å². The van der Waals surface area contributed by atoms with Gasteiger partial charge in [0.1, 0.15) is 46.4 Å². The highest BCUT2D eigenvalue weighted by Gasteiger charge is 2.55. The van der Waals surface area contributed by atoms with Crippen LogP contribution in [0.3, 0.4) is 0 Å². The van der Waals surface area contributed by atoms with Gasteiger partial charge >= 0.3 is 12.2 Å². The topological polar surface area (TPSA) is 160 Å². The summed E-state index contributed by atoms with van der Waals surface area (Å²) in [6.07, 6.45) is 5.37. The minimum atomic E-state index is -0.839. The molecule has 3 aromatic heterocycles. The van der Waals surface area contributed by atoms with E-state index in [4.69, 9.17) is 24.7 Å². The second kappa shape index (κ2) is 15.2. The number of nitrogen functional groups attached to an aromatic ring is 1. The van der Waals surface area contributed by atoms with Gasteiger partial charge in [-0.05, 0) is 91.7 Å². The number of aromatic nitrogens is 5. The minimum absolute atomic E-state index is 0.110. The zero-order chi connectivity index (χ0) is 38.1. The standard InChI is InChI=1S/C38H52N8O6S/c1-36(2,3)51-34(47)44(18-15-24-13-10-9-11-14-24)16-12-17-45(35(48)52-37(4,5)6)20-25-19-27(30-29(25)49-38(7,8)50-30)46-21-26(33-42-23-43-53-33)28-31(39)40-22-41-32(28)46/h9-11,13-14,21-23,25,27,29-30H,12,15-20H2,1-8H3,(H2,39,40,41)/t25-,27-,29-,30+/m1/s1. The molecular formula is C38H52N8O6S. The number of benzene rings is 1. The molecule has 53 heavy (non-hydrogen) atoms. The van der Waals surface area contributed by atoms with Crippen LogP contribution in [0.5, 0.6) is 0 Å². The quantitative estimate of drug-likeness (QED) is 0.173. The molecule has 1 aliphatic heterocycles. The van der Waals surface area contributed by atoms with Crippen LogP contribution in [-0.2, 0) is 25.4 Å². The fourth-order valence-corrected chi connectivity index (χ4v) is 7.71. The Morgan fingerprint density at radius 2 is 1.58 bits per heavy atom. The maximum atomic E-state index is 13.9. The van der Waals surface area contributed by atoms with E-state index in [2.05, 4.69) is 23.9 Å². The van der Waals surface area contributed by atoms with Gasteiger partial charge in [-0.2, -0.15) is 4.37 Å². The summed E-state index contributed by atoms with van der Waals surface area (Å²) in [5.74, 6) is -0.593. The molecule has 1 aromatic carbocycles. The molecule has 1 aliphatic carbocycles. The Hall–Kier alpha value is -4.34. The summed E-state index contributed by atoms with van der Waals surface area (Å²) in [6.45, 7) is 16.6. The summed E-state index contributed by atoms with van der Waals surface area (Å²) >= 11 is 1.27. The van der Waals surface area contributed by atoms with Gasteiger partial charge in [0.2, 0.25) is 0 Å². The van der Waals surface area contributed by atoms with Crippen LogP contribution in [0.15, 0.2) is 49.2 Å².